The molecule has 0 saturated carbocycles. The van der Waals surface area contributed by atoms with Gasteiger partial charge in [0.25, 0.3) is 0 Å². The summed E-state index contributed by atoms with van der Waals surface area (Å²) >= 11 is 0. The van der Waals surface area contributed by atoms with Crippen molar-refractivity contribution >= 4 is 16.9 Å². The Bertz CT molecular complexity index is 1480. The predicted octanol–water partition coefficient (Wildman–Crippen LogP) is 3.72. The third-order valence-corrected chi connectivity index (χ3v) is 7.00. The van der Waals surface area contributed by atoms with Crippen molar-refractivity contribution in [2.75, 3.05) is 26.4 Å². The Morgan fingerprint density at radius 1 is 0.892 bits per heavy atom. The average Bonchev–Trinajstić information content (AvgIpc) is 3.71. The molecule has 3 aliphatic heterocycles. The molecule has 2 aromatic heterocycles. The molecule has 3 aliphatic rings. The van der Waals surface area contributed by atoms with Crippen LogP contribution >= 0.6 is 0 Å². The summed E-state index contributed by atoms with van der Waals surface area (Å²) in [5.41, 5.74) is 5.08. The zero-order chi connectivity index (χ0) is 24.9. The molecule has 2 N–H and O–H groups in total. The maximum absolute atomic E-state index is 15.0. The van der Waals surface area contributed by atoms with Gasteiger partial charge in [0.1, 0.15) is 30.6 Å². The van der Waals surface area contributed by atoms with Crippen LogP contribution in [0.5, 0.6) is 5.88 Å². The van der Waals surface area contributed by atoms with Gasteiger partial charge in [-0.1, -0.05) is 36.4 Å². The Morgan fingerprint density at radius 3 is 2.32 bits per heavy atom. The second-order valence-corrected chi connectivity index (χ2v) is 9.39. The van der Waals surface area contributed by atoms with E-state index in [9.17, 15) is 5.11 Å². The molecule has 8 nitrogen and oxygen atoms in total. The second-order valence-electron chi connectivity index (χ2n) is 9.39. The number of hydrogen-bond donors (Lipinski definition) is 2. The smallest absolute Gasteiger partial charge is 0.216 e. The number of ether oxygens (including phenoxy) is 4. The molecule has 4 atom stereocenters. The molecule has 0 aliphatic carbocycles. The van der Waals surface area contributed by atoms with Gasteiger partial charge in [-0.2, -0.15) is 0 Å². The molecule has 2 saturated heterocycles. The molecule has 0 radical (unpaired) electrons. The molecule has 0 bridgehead atoms. The van der Waals surface area contributed by atoms with Crippen LogP contribution < -0.4 is 4.74 Å². The van der Waals surface area contributed by atoms with E-state index in [1.165, 1.54) is 6.07 Å². The Hall–Kier alpha value is -3.79. The second kappa shape index (κ2) is 8.95. The Labute approximate surface area is 211 Å². The number of benzene rings is 2. The van der Waals surface area contributed by atoms with E-state index in [-0.39, 0.29) is 30.6 Å². The molecule has 37 heavy (non-hydrogen) atoms. The minimum atomic E-state index is -0.646. The Balaban J connectivity index is 1.11. The predicted molar refractivity (Wildman–Crippen MR) is 134 cm³/mol. The van der Waals surface area contributed by atoms with Gasteiger partial charge in [0, 0.05) is 23.3 Å². The molecule has 2 aromatic carbocycles. The van der Waals surface area contributed by atoms with Crippen molar-refractivity contribution in [2.24, 2.45) is 4.99 Å². The van der Waals surface area contributed by atoms with Crippen molar-refractivity contribution < 1.29 is 28.4 Å². The third kappa shape index (κ3) is 4.05. The van der Waals surface area contributed by atoms with E-state index in [0.29, 0.717) is 48.1 Å². The summed E-state index contributed by atoms with van der Waals surface area (Å²) in [5, 5.41) is 9.93. The molecule has 0 unspecified atom stereocenters. The molecule has 188 valence electrons. The van der Waals surface area contributed by atoms with Gasteiger partial charge < -0.3 is 29.0 Å². The standard InChI is InChI=1S/C28H24FN3O5/c29-19-11-20-21(12-24(31-20)37-23-14-36-26-22(33)13-35-27(23)26)32-25(19)17-5-1-15(2-6-17)16-3-7-18(8-4-16)28-30-9-10-34-28/h1-8,11-12,22-23,26-27,31,33H,9-10,13-14H2/t22-,23-,26-,27-/m1/s1. The van der Waals surface area contributed by atoms with Crippen molar-refractivity contribution in [1.29, 1.82) is 0 Å². The number of rotatable bonds is 5. The van der Waals surface area contributed by atoms with Gasteiger partial charge >= 0.3 is 0 Å². The summed E-state index contributed by atoms with van der Waals surface area (Å²) in [7, 11) is 0. The van der Waals surface area contributed by atoms with E-state index in [1.54, 1.807) is 6.07 Å². The molecule has 9 heteroatoms. The third-order valence-electron chi connectivity index (χ3n) is 7.00. The van der Waals surface area contributed by atoms with Crippen LogP contribution in [-0.4, -0.2) is 71.8 Å². The average molecular weight is 502 g/mol. The minimum absolute atomic E-state index is 0.229. The zero-order valence-corrected chi connectivity index (χ0v) is 19.8. The summed E-state index contributed by atoms with van der Waals surface area (Å²) in [6.45, 7) is 1.87. The highest BCUT2D eigenvalue weighted by molar-refractivity contribution is 5.95. The fraction of sp³-hybridized carbons (Fsp3) is 0.286. The zero-order valence-electron chi connectivity index (χ0n) is 19.8. The summed E-state index contributed by atoms with van der Waals surface area (Å²) in [6.07, 6.45) is -1.72. The van der Waals surface area contributed by atoms with Crippen LogP contribution in [-0.2, 0) is 14.2 Å². The summed E-state index contributed by atoms with van der Waals surface area (Å²) in [6, 6.07) is 18.8. The summed E-state index contributed by atoms with van der Waals surface area (Å²) < 4.78 is 37.8. The van der Waals surface area contributed by atoms with Crippen molar-refractivity contribution in [2.45, 2.75) is 24.4 Å². The fourth-order valence-corrected chi connectivity index (χ4v) is 5.12. The van der Waals surface area contributed by atoms with Crippen LogP contribution in [0, 0.1) is 5.82 Å². The molecule has 0 spiro atoms. The maximum Gasteiger partial charge on any atom is 0.216 e. The van der Waals surface area contributed by atoms with Crippen LogP contribution in [0.2, 0.25) is 0 Å². The number of hydrogen-bond acceptors (Lipinski definition) is 7. The van der Waals surface area contributed by atoms with Gasteiger partial charge in [-0.05, 0) is 23.3 Å². The SMILES string of the molecule is O[C@@H]1CO[C@H]2[C@@H]1OC[C@H]2Oc1cc2nc(-c3ccc(-c4ccc(C5=NCCO5)cc4)cc3)c(F)cc2[nH]1. The van der Waals surface area contributed by atoms with Crippen molar-refractivity contribution in [3.63, 3.8) is 0 Å². The lowest BCUT2D eigenvalue weighted by Gasteiger charge is -2.16. The number of fused-ring (bicyclic) bond motifs is 2. The lowest BCUT2D eigenvalue weighted by atomic mass is 10.0. The van der Waals surface area contributed by atoms with Crippen LogP contribution in [0.25, 0.3) is 33.4 Å². The highest BCUT2D eigenvalue weighted by atomic mass is 19.1. The molecule has 0 amide bonds. The van der Waals surface area contributed by atoms with Crippen LogP contribution in [0.3, 0.4) is 0 Å². The van der Waals surface area contributed by atoms with Gasteiger partial charge in [-0.3, -0.25) is 0 Å². The van der Waals surface area contributed by atoms with Gasteiger partial charge in [-0.15, -0.1) is 0 Å². The first-order valence-corrected chi connectivity index (χ1v) is 12.3. The molecule has 7 rings (SSSR count). The lowest BCUT2D eigenvalue weighted by molar-refractivity contribution is 0.00794. The van der Waals surface area contributed by atoms with E-state index >= 15 is 4.39 Å². The van der Waals surface area contributed by atoms with E-state index < -0.39 is 11.9 Å². The van der Waals surface area contributed by atoms with Crippen LogP contribution in [0.1, 0.15) is 5.56 Å². The number of aromatic amines is 1. The van der Waals surface area contributed by atoms with Crippen LogP contribution in [0.4, 0.5) is 4.39 Å². The van der Waals surface area contributed by atoms with E-state index in [4.69, 9.17) is 18.9 Å². The minimum Gasteiger partial charge on any atom is -0.476 e. The maximum atomic E-state index is 15.0. The quantitative estimate of drug-likeness (QED) is 0.433. The summed E-state index contributed by atoms with van der Waals surface area (Å²) in [5.74, 6) is 0.705. The first-order chi connectivity index (χ1) is 18.1. The van der Waals surface area contributed by atoms with E-state index in [0.717, 1.165) is 16.7 Å². The monoisotopic (exact) mass is 501 g/mol. The van der Waals surface area contributed by atoms with Gasteiger partial charge in [0.15, 0.2) is 17.8 Å². The molecular formula is C28H24FN3O5. The number of aromatic nitrogens is 2. The molecular weight excluding hydrogens is 477 g/mol. The fourth-order valence-electron chi connectivity index (χ4n) is 5.12. The van der Waals surface area contributed by atoms with Crippen LogP contribution in [0.15, 0.2) is 65.7 Å². The van der Waals surface area contributed by atoms with Gasteiger partial charge in [0.2, 0.25) is 5.90 Å². The van der Waals surface area contributed by atoms with E-state index in [1.807, 2.05) is 48.5 Å². The number of aliphatic hydroxyl groups is 1. The summed E-state index contributed by atoms with van der Waals surface area (Å²) in [4.78, 5) is 12.0. The number of pyridine rings is 1. The van der Waals surface area contributed by atoms with Crippen molar-refractivity contribution in [1.82, 2.24) is 9.97 Å². The molecule has 4 aromatic rings. The first-order valence-electron chi connectivity index (χ1n) is 12.3. The Kier molecular flexibility index (Phi) is 5.42. The highest BCUT2D eigenvalue weighted by Crippen LogP contribution is 2.32. The lowest BCUT2D eigenvalue weighted by Crippen LogP contribution is -2.34. The number of halogens is 1. The van der Waals surface area contributed by atoms with Gasteiger partial charge in [0.05, 0.1) is 30.8 Å². The van der Waals surface area contributed by atoms with Crippen molar-refractivity contribution in [3.05, 3.63) is 72.0 Å². The number of H-pyrrole nitrogens is 1. The number of aliphatic imine (C=N–C) groups is 1. The number of nitrogens with one attached hydrogen (secondary N) is 1. The largest absolute Gasteiger partial charge is 0.476 e. The first kappa shape index (κ1) is 22.4. The normalized spacial score (nSPS) is 24.8. The van der Waals surface area contributed by atoms with Gasteiger partial charge in [-0.25, -0.2) is 14.4 Å². The van der Waals surface area contributed by atoms with Crippen molar-refractivity contribution in [3.8, 4) is 28.3 Å². The van der Waals surface area contributed by atoms with E-state index in [2.05, 4.69) is 15.0 Å². The molecule has 5 heterocycles. The molecule has 2 fully saturated rings. The number of nitrogens with zero attached hydrogens (tertiary/aromatic N) is 2. The topological polar surface area (TPSA) is 98.2 Å². The Morgan fingerprint density at radius 2 is 1.59 bits per heavy atom. The highest BCUT2D eigenvalue weighted by Gasteiger charge is 2.48. The number of aliphatic hydroxyl groups excluding tert-OH is 1.